The molecule has 1 aromatic carbocycles. The van der Waals surface area contributed by atoms with Gasteiger partial charge in [0.05, 0.1) is 24.0 Å². The minimum Gasteiger partial charge on any atom is -0.316 e. The van der Waals surface area contributed by atoms with E-state index in [4.69, 9.17) is 0 Å². The number of halogens is 1. The highest BCUT2D eigenvalue weighted by Gasteiger charge is 2.49. The molecule has 2 aliphatic rings. The summed E-state index contributed by atoms with van der Waals surface area (Å²) in [4.78, 5) is 19.3. The Morgan fingerprint density at radius 1 is 1.23 bits per heavy atom. The topological polar surface area (TPSA) is 66.8 Å². The van der Waals surface area contributed by atoms with Crippen LogP contribution in [0, 0.1) is 5.82 Å². The van der Waals surface area contributed by atoms with Crippen molar-refractivity contribution in [3.8, 4) is 0 Å². The van der Waals surface area contributed by atoms with E-state index in [1.807, 2.05) is 17.5 Å². The van der Waals surface area contributed by atoms with Crippen LogP contribution in [0.15, 0.2) is 46.8 Å². The predicted octanol–water partition coefficient (Wildman–Crippen LogP) is 2.73. The van der Waals surface area contributed by atoms with Crippen molar-refractivity contribution in [1.29, 1.82) is 0 Å². The highest BCUT2D eigenvalue weighted by atomic mass is 32.2. The van der Waals surface area contributed by atoms with Crippen molar-refractivity contribution < 1.29 is 17.6 Å². The molecule has 0 radical (unpaired) electrons. The summed E-state index contributed by atoms with van der Waals surface area (Å²) in [5.41, 5.74) is 0.645. The SMILES string of the molecule is O=C(Cc1cccs1)N=C1S[C@H]2CS(=O)(=O)C[C@@H]2N1c1ccc(F)cc1. The van der Waals surface area contributed by atoms with E-state index < -0.39 is 9.84 Å². The number of rotatable bonds is 3. The van der Waals surface area contributed by atoms with Crippen LogP contribution in [0.5, 0.6) is 0 Å². The normalized spacial score (nSPS) is 25.6. The molecule has 0 bridgehead atoms. The van der Waals surface area contributed by atoms with Gasteiger partial charge in [-0.2, -0.15) is 4.99 Å². The Morgan fingerprint density at radius 3 is 2.69 bits per heavy atom. The molecular formula is C17H15FN2O3S3. The molecule has 2 aliphatic heterocycles. The quantitative estimate of drug-likeness (QED) is 0.778. The van der Waals surface area contributed by atoms with Gasteiger partial charge < -0.3 is 4.90 Å². The van der Waals surface area contributed by atoms with Gasteiger partial charge in [0.1, 0.15) is 5.82 Å². The number of amidine groups is 1. The van der Waals surface area contributed by atoms with Crippen LogP contribution in [0.4, 0.5) is 10.1 Å². The zero-order valence-electron chi connectivity index (χ0n) is 13.5. The van der Waals surface area contributed by atoms with Crippen LogP contribution in [-0.2, 0) is 21.1 Å². The first-order valence-corrected chi connectivity index (χ1v) is 11.6. The molecule has 0 unspecified atom stereocenters. The molecule has 2 saturated heterocycles. The van der Waals surface area contributed by atoms with Gasteiger partial charge in [0.25, 0.3) is 5.91 Å². The molecule has 1 amide bonds. The lowest BCUT2D eigenvalue weighted by molar-refractivity contribution is -0.117. The maximum absolute atomic E-state index is 13.3. The van der Waals surface area contributed by atoms with Gasteiger partial charge in [-0.1, -0.05) is 17.8 Å². The van der Waals surface area contributed by atoms with Gasteiger partial charge >= 0.3 is 0 Å². The minimum atomic E-state index is -3.12. The number of carbonyl (C=O) groups is 1. The van der Waals surface area contributed by atoms with Gasteiger partial charge in [0, 0.05) is 15.8 Å². The van der Waals surface area contributed by atoms with E-state index in [-0.39, 0.29) is 40.9 Å². The van der Waals surface area contributed by atoms with Crippen molar-refractivity contribution in [3.05, 3.63) is 52.5 Å². The van der Waals surface area contributed by atoms with Crippen molar-refractivity contribution in [1.82, 2.24) is 0 Å². The third kappa shape index (κ3) is 3.56. The average molecular weight is 411 g/mol. The highest BCUT2D eigenvalue weighted by Crippen LogP contribution is 2.41. The maximum atomic E-state index is 13.3. The zero-order chi connectivity index (χ0) is 18.3. The average Bonchev–Trinajstić information content (AvgIpc) is 3.23. The van der Waals surface area contributed by atoms with Crippen molar-refractivity contribution >= 4 is 49.7 Å². The van der Waals surface area contributed by atoms with Gasteiger partial charge in [-0.15, -0.1) is 11.3 Å². The summed E-state index contributed by atoms with van der Waals surface area (Å²) in [6, 6.07) is 9.28. The molecule has 26 heavy (non-hydrogen) atoms. The van der Waals surface area contributed by atoms with E-state index in [2.05, 4.69) is 4.99 Å². The second-order valence-electron chi connectivity index (χ2n) is 6.19. The summed E-state index contributed by atoms with van der Waals surface area (Å²) in [7, 11) is -3.12. The molecule has 136 valence electrons. The van der Waals surface area contributed by atoms with Crippen LogP contribution >= 0.6 is 23.1 Å². The van der Waals surface area contributed by atoms with Crippen LogP contribution in [0.2, 0.25) is 0 Å². The van der Waals surface area contributed by atoms with Crippen LogP contribution in [0.25, 0.3) is 0 Å². The lowest BCUT2D eigenvalue weighted by atomic mass is 10.2. The fourth-order valence-electron chi connectivity index (χ4n) is 3.18. The summed E-state index contributed by atoms with van der Waals surface area (Å²) in [5.74, 6) is -0.563. The van der Waals surface area contributed by atoms with Crippen molar-refractivity contribution in [2.24, 2.45) is 4.99 Å². The fraction of sp³-hybridized carbons (Fsp3) is 0.294. The third-order valence-corrected chi connectivity index (χ3v) is 8.38. The summed E-state index contributed by atoms with van der Waals surface area (Å²) >= 11 is 2.81. The molecule has 0 aliphatic carbocycles. The molecule has 2 fully saturated rings. The number of fused-ring (bicyclic) bond motifs is 1. The number of hydrogen-bond acceptors (Lipinski definition) is 5. The maximum Gasteiger partial charge on any atom is 0.253 e. The van der Waals surface area contributed by atoms with E-state index >= 15 is 0 Å². The Morgan fingerprint density at radius 2 is 2.00 bits per heavy atom. The molecule has 0 saturated carbocycles. The monoisotopic (exact) mass is 410 g/mol. The molecule has 2 atom stereocenters. The zero-order valence-corrected chi connectivity index (χ0v) is 16.0. The molecule has 4 rings (SSSR count). The Balaban J connectivity index is 1.65. The van der Waals surface area contributed by atoms with Crippen molar-refractivity contribution in [2.45, 2.75) is 17.7 Å². The van der Waals surface area contributed by atoms with Gasteiger partial charge in [0.2, 0.25) is 0 Å². The molecule has 0 N–H and O–H groups in total. The third-order valence-electron chi connectivity index (χ3n) is 4.30. The smallest absolute Gasteiger partial charge is 0.253 e. The highest BCUT2D eigenvalue weighted by molar-refractivity contribution is 8.16. The lowest BCUT2D eigenvalue weighted by Crippen LogP contribution is -2.37. The molecule has 2 aromatic rings. The van der Waals surface area contributed by atoms with E-state index in [1.54, 1.807) is 17.0 Å². The largest absolute Gasteiger partial charge is 0.316 e. The number of amides is 1. The molecule has 5 nitrogen and oxygen atoms in total. The van der Waals surface area contributed by atoms with E-state index in [0.29, 0.717) is 10.9 Å². The Bertz CT molecular complexity index is 956. The number of carbonyl (C=O) groups excluding carboxylic acids is 1. The van der Waals surface area contributed by atoms with Crippen LogP contribution in [-0.4, -0.2) is 42.3 Å². The molecule has 0 spiro atoms. The number of anilines is 1. The Kier molecular flexibility index (Phi) is 4.62. The van der Waals surface area contributed by atoms with E-state index in [0.717, 1.165) is 4.88 Å². The summed E-state index contributed by atoms with van der Waals surface area (Å²) in [5, 5.41) is 2.22. The Labute approximate surface area is 158 Å². The lowest BCUT2D eigenvalue weighted by Gasteiger charge is -2.24. The van der Waals surface area contributed by atoms with Crippen LogP contribution in [0.3, 0.4) is 0 Å². The number of sulfone groups is 1. The predicted molar refractivity (Wildman–Crippen MR) is 103 cm³/mol. The number of benzene rings is 1. The van der Waals surface area contributed by atoms with Gasteiger partial charge in [-0.25, -0.2) is 12.8 Å². The summed E-state index contributed by atoms with van der Waals surface area (Å²) in [6.07, 6.45) is 0.215. The van der Waals surface area contributed by atoms with Crippen LogP contribution in [0.1, 0.15) is 4.88 Å². The number of hydrogen-bond donors (Lipinski definition) is 0. The first-order chi connectivity index (χ1) is 12.4. The minimum absolute atomic E-state index is 0.0141. The first kappa shape index (κ1) is 17.7. The van der Waals surface area contributed by atoms with Crippen molar-refractivity contribution in [2.75, 3.05) is 16.4 Å². The summed E-state index contributed by atoms with van der Waals surface area (Å²) < 4.78 is 37.3. The summed E-state index contributed by atoms with van der Waals surface area (Å²) in [6.45, 7) is 0. The molecular weight excluding hydrogens is 395 g/mol. The van der Waals surface area contributed by atoms with Crippen molar-refractivity contribution in [3.63, 3.8) is 0 Å². The van der Waals surface area contributed by atoms with Gasteiger partial charge in [-0.05, 0) is 35.7 Å². The molecule has 9 heteroatoms. The number of thiophene rings is 1. The van der Waals surface area contributed by atoms with Gasteiger partial charge in [-0.3, -0.25) is 4.79 Å². The number of nitrogens with zero attached hydrogens (tertiary/aromatic N) is 2. The molecule has 3 heterocycles. The second-order valence-corrected chi connectivity index (χ2v) is 10.6. The standard InChI is InChI=1S/C17H15FN2O3S3/c18-11-3-5-12(6-4-11)20-14-9-26(22,23)10-15(14)25-17(20)19-16(21)8-13-2-1-7-24-13/h1-7,14-15H,8-10H2/t14-,15-/m0/s1. The van der Waals surface area contributed by atoms with E-state index in [9.17, 15) is 17.6 Å². The molecule has 1 aromatic heterocycles. The van der Waals surface area contributed by atoms with Gasteiger partial charge in [0.15, 0.2) is 15.0 Å². The first-order valence-electron chi connectivity index (χ1n) is 7.97. The Hall–Kier alpha value is -1.71. The van der Waals surface area contributed by atoms with Crippen LogP contribution < -0.4 is 4.90 Å². The second kappa shape index (κ2) is 6.79. The number of aliphatic imine (C=N–C) groups is 1. The number of thioether (sulfide) groups is 1. The van der Waals surface area contributed by atoms with E-state index in [1.165, 1.54) is 35.2 Å². The fourth-order valence-corrected chi connectivity index (χ4v) is 7.80.